The Bertz CT molecular complexity index is 422. The molecule has 1 aromatic rings. The number of aliphatic hydroxyl groups excluding tert-OH is 1. The maximum Gasteiger partial charge on any atom is 0.231 e. The molecule has 19 heavy (non-hydrogen) atoms. The molecule has 4 heteroatoms. The summed E-state index contributed by atoms with van der Waals surface area (Å²) in [5, 5.41) is 10.3. The molecule has 1 heterocycles. The van der Waals surface area contributed by atoms with Gasteiger partial charge in [0.15, 0.2) is 11.5 Å². The molecule has 0 amide bonds. The minimum atomic E-state index is -0.497. The van der Waals surface area contributed by atoms with Gasteiger partial charge in [0, 0.05) is 13.1 Å². The zero-order valence-electron chi connectivity index (χ0n) is 11.9. The van der Waals surface area contributed by atoms with Gasteiger partial charge in [0.1, 0.15) is 0 Å². The van der Waals surface area contributed by atoms with Crippen molar-refractivity contribution in [2.75, 3.05) is 26.9 Å². The molecule has 1 aromatic carbocycles. The summed E-state index contributed by atoms with van der Waals surface area (Å²) in [6, 6.07) is 5.62. The first kappa shape index (κ1) is 14.2. The molecular weight excluding hydrogens is 242 g/mol. The highest BCUT2D eigenvalue weighted by Crippen LogP contribution is 2.34. The number of hydrogen-bond donors (Lipinski definition) is 1. The fourth-order valence-corrected chi connectivity index (χ4v) is 2.26. The van der Waals surface area contributed by atoms with Crippen LogP contribution in [-0.2, 0) is 0 Å². The molecule has 0 radical (unpaired) electrons. The SMILES string of the molecule is CCC(C)CN(C)CC(O)c1ccc2c(c1)OCO2. The van der Waals surface area contributed by atoms with Gasteiger partial charge < -0.3 is 19.5 Å². The zero-order valence-corrected chi connectivity index (χ0v) is 11.9. The molecule has 0 saturated heterocycles. The fraction of sp³-hybridized carbons (Fsp3) is 0.600. The van der Waals surface area contributed by atoms with Gasteiger partial charge in [0.2, 0.25) is 6.79 Å². The minimum Gasteiger partial charge on any atom is -0.454 e. The number of likely N-dealkylation sites (N-methyl/N-ethyl adjacent to an activating group) is 1. The van der Waals surface area contributed by atoms with Crippen LogP contribution in [-0.4, -0.2) is 36.9 Å². The van der Waals surface area contributed by atoms with Crippen molar-refractivity contribution < 1.29 is 14.6 Å². The average molecular weight is 265 g/mol. The number of ether oxygens (including phenoxy) is 2. The third kappa shape index (κ3) is 3.61. The van der Waals surface area contributed by atoms with Crippen LogP contribution in [0.4, 0.5) is 0 Å². The molecule has 0 saturated carbocycles. The minimum absolute atomic E-state index is 0.267. The molecule has 0 aliphatic carbocycles. The molecule has 0 fully saturated rings. The first-order chi connectivity index (χ1) is 9.10. The topological polar surface area (TPSA) is 41.9 Å². The van der Waals surface area contributed by atoms with E-state index in [-0.39, 0.29) is 6.79 Å². The van der Waals surface area contributed by atoms with E-state index in [0.717, 1.165) is 30.0 Å². The van der Waals surface area contributed by atoms with E-state index in [1.54, 1.807) is 0 Å². The second kappa shape index (κ2) is 6.26. The second-order valence-corrected chi connectivity index (χ2v) is 5.36. The largest absolute Gasteiger partial charge is 0.454 e. The van der Waals surface area contributed by atoms with Crippen molar-refractivity contribution in [3.63, 3.8) is 0 Å². The lowest BCUT2D eigenvalue weighted by Crippen LogP contribution is -2.28. The van der Waals surface area contributed by atoms with Gasteiger partial charge in [-0.15, -0.1) is 0 Å². The van der Waals surface area contributed by atoms with E-state index in [9.17, 15) is 5.11 Å². The fourth-order valence-electron chi connectivity index (χ4n) is 2.26. The number of benzene rings is 1. The van der Waals surface area contributed by atoms with Crippen molar-refractivity contribution >= 4 is 0 Å². The highest BCUT2D eigenvalue weighted by molar-refractivity contribution is 5.45. The van der Waals surface area contributed by atoms with Crippen LogP contribution in [0.1, 0.15) is 31.9 Å². The molecule has 0 spiro atoms. The van der Waals surface area contributed by atoms with Crippen LogP contribution in [0.3, 0.4) is 0 Å². The second-order valence-electron chi connectivity index (χ2n) is 5.36. The highest BCUT2D eigenvalue weighted by atomic mass is 16.7. The van der Waals surface area contributed by atoms with Crippen LogP contribution in [0.2, 0.25) is 0 Å². The van der Waals surface area contributed by atoms with E-state index in [1.807, 2.05) is 25.2 Å². The Morgan fingerprint density at radius 3 is 2.74 bits per heavy atom. The lowest BCUT2D eigenvalue weighted by Gasteiger charge is -2.23. The van der Waals surface area contributed by atoms with E-state index in [4.69, 9.17) is 9.47 Å². The van der Waals surface area contributed by atoms with Crippen LogP contribution < -0.4 is 9.47 Å². The van der Waals surface area contributed by atoms with Crippen molar-refractivity contribution in [2.45, 2.75) is 26.4 Å². The predicted molar refractivity (Wildman–Crippen MR) is 74.5 cm³/mol. The summed E-state index contributed by atoms with van der Waals surface area (Å²) < 4.78 is 10.6. The van der Waals surface area contributed by atoms with Crippen LogP contribution >= 0.6 is 0 Å². The Kier molecular flexibility index (Phi) is 4.66. The van der Waals surface area contributed by atoms with Gasteiger partial charge >= 0.3 is 0 Å². The molecule has 0 aromatic heterocycles. The Hall–Kier alpha value is -1.26. The normalized spacial score (nSPS) is 16.7. The molecule has 1 aliphatic rings. The first-order valence-electron chi connectivity index (χ1n) is 6.86. The molecule has 4 nitrogen and oxygen atoms in total. The maximum absolute atomic E-state index is 10.3. The average Bonchev–Trinajstić information content (AvgIpc) is 2.85. The van der Waals surface area contributed by atoms with Crippen molar-refractivity contribution in [1.82, 2.24) is 4.90 Å². The summed E-state index contributed by atoms with van der Waals surface area (Å²) in [5.74, 6) is 2.12. The molecule has 1 aliphatic heterocycles. The van der Waals surface area contributed by atoms with E-state index in [0.29, 0.717) is 12.5 Å². The molecular formula is C15H23NO3. The Morgan fingerprint density at radius 1 is 1.26 bits per heavy atom. The third-order valence-corrected chi connectivity index (χ3v) is 3.59. The van der Waals surface area contributed by atoms with Crippen molar-refractivity contribution in [1.29, 1.82) is 0 Å². The standard InChI is InChI=1S/C15H23NO3/c1-4-11(2)8-16(3)9-13(17)12-5-6-14-15(7-12)19-10-18-14/h5-7,11,13,17H,4,8-10H2,1-3H3. The monoisotopic (exact) mass is 265 g/mol. The summed E-state index contributed by atoms with van der Waals surface area (Å²) in [6.07, 6.45) is 0.660. The summed E-state index contributed by atoms with van der Waals surface area (Å²) in [6.45, 7) is 6.31. The molecule has 2 atom stereocenters. The van der Waals surface area contributed by atoms with Gasteiger partial charge in [-0.2, -0.15) is 0 Å². The van der Waals surface area contributed by atoms with Crippen molar-refractivity contribution in [3.8, 4) is 11.5 Å². The molecule has 0 bridgehead atoms. The van der Waals surface area contributed by atoms with Crippen LogP contribution in [0.15, 0.2) is 18.2 Å². The summed E-state index contributed by atoms with van der Waals surface area (Å²) in [4.78, 5) is 2.17. The Labute approximate surface area is 114 Å². The zero-order chi connectivity index (χ0) is 13.8. The number of aliphatic hydroxyl groups is 1. The van der Waals surface area contributed by atoms with Gasteiger partial charge in [-0.1, -0.05) is 26.3 Å². The summed E-state index contributed by atoms with van der Waals surface area (Å²) in [7, 11) is 2.04. The van der Waals surface area contributed by atoms with E-state index in [1.165, 1.54) is 0 Å². The lowest BCUT2D eigenvalue weighted by atomic mass is 10.1. The van der Waals surface area contributed by atoms with Crippen LogP contribution in [0.5, 0.6) is 11.5 Å². The van der Waals surface area contributed by atoms with Gasteiger partial charge in [0.25, 0.3) is 0 Å². The van der Waals surface area contributed by atoms with E-state index < -0.39 is 6.10 Å². The van der Waals surface area contributed by atoms with Gasteiger partial charge in [-0.05, 0) is 30.7 Å². The predicted octanol–water partition coefficient (Wildman–Crippen LogP) is 2.43. The summed E-state index contributed by atoms with van der Waals surface area (Å²) >= 11 is 0. The van der Waals surface area contributed by atoms with Gasteiger partial charge in [0.05, 0.1) is 6.10 Å². The van der Waals surface area contributed by atoms with Crippen LogP contribution in [0, 0.1) is 5.92 Å². The number of rotatable bonds is 6. The third-order valence-electron chi connectivity index (χ3n) is 3.59. The van der Waals surface area contributed by atoms with E-state index in [2.05, 4.69) is 18.7 Å². The molecule has 2 rings (SSSR count). The lowest BCUT2D eigenvalue weighted by molar-refractivity contribution is 0.119. The molecule has 106 valence electrons. The smallest absolute Gasteiger partial charge is 0.231 e. The Balaban J connectivity index is 1.94. The van der Waals surface area contributed by atoms with Gasteiger partial charge in [-0.3, -0.25) is 0 Å². The Morgan fingerprint density at radius 2 is 2.00 bits per heavy atom. The van der Waals surface area contributed by atoms with Crippen molar-refractivity contribution in [2.24, 2.45) is 5.92 Å². The molecule has 2 unspecified atom stereocenters. The number of nitrogens with zero attached hydrogens (tertiary/aromatic N) is 1. The number of hydrogen-bond acceptors (Lipinski definition) is 4. The van der Waals surface area contributed by atoms with Crippen molar-refractivity contribution in [3.05, 3.63) is 23.8 Å². The molecule has 1 N–H and O–H groups in total. The van der Waals surface area contributed by atoms with Gasteiger partial charge in [-0.25, -0.2) is 0 Å². The van der Waals surface area contributed by atoms with Crippen LogP contribution in [0.25, 0.3) is 0 Å². The first-order valence-corrected chi connectivity index (χ1v) is 6.86. The summed E-state index contributed by atoms with van der Waals surface area (Å²) in [5.41, 5.74) is 0.875. The highest BCUT2D eigenvalue weighted by Gasteiger charge is 2.18. The maximum atomic E-state index is 10.3. The number of fused-ring (bicyclic) bond motifs is 1. The quantitative estimate of drug-likeness (QED) is 0.857. The van der Waals surface area contributed by atoms with E-state index >= 15 is 0 Å².